The van der Waals surface area contributed by atoms with E-state index in [9.17, 15) is 13.2 Å². The molecule has 0 bridgehead atoms. The molecule has 1 aliphatic rings. The summed E-state index contributed by atoms with van der Waals surface area (Å²) < 4.78 is 31.7. The van der Waals surface area contributed by atoms with Crippen molar-refractivity contribution in [1.29, 1.82) is 0 Å². The quantitative estimate of drug-likeness (QED) is 0.615. The van der Waals surface area contributed by atoms with Gasteiger partial charge in [0, 0.05) is 44.5 Å². The molecule has 30 heavy (non-hydrogen) atoms. The molecule has 8 heteroatoms. The van der Waals surface area contributed by atoms with Gasteiger partial charge < -0.3 is 15.0 Å². The van der Waals surface area contributed by atoms with Crippen molar-refractivity contribution in [3.63, 3.8) is 0 Å². The number of nitrogens with zero attached hydrogens (tertiary/aromatic N) is 2. The van der Waals surface area contributed by atoms with E-state index in [0.717, 1.165) is 18.7 Å². The predicted octanol–water partition coefficient (Wildman–Crippen LogP) is 2.10. The number of carbonyl (C=O) groups excluding carboxylic acids is 1. The van der Waals surface area contributed by atoms with Gasteiger partial charge in [0.1, 0.15) is 0 Å². The second kappa shape index (κ2) is 10.6. The number of ether oxygens (including phenoxy) is 1. The van der Waals surface area contributed by atoms with Crippen LogP contribution in [0.15, 0.2) is 54.6 Å². The monoisotopic (exact) mass is 431 g/mol. The van der Waals surface area contributed by atoms with Crippen molar-refractivity contribution in [1.82, 2.24) is 9.62 Å². The van der Waals surface area contributed by atoms with E-state index in [2.05, 4.69) is 22.3 Å². The number of rotatable bonds is 9. The second-order valence-electron chi connectivity index (χ2n) is 7.33. The van der Waals surface area contributed by atoms with Gasteiger partial charge in [-0.3, -0.25) is 4.79 Å². The Hall–Kier alpha value is -2.42. The molecule has 2 aromatic rings. The molecule has 3 rings (SSSR count). The van der Waals surface area contributed by atoms with Crippen LogP contribution in [-0.4, -0.2) is 65.1 Å². The van der Waals surface area contributed by atoms with Gasteiger partial charge in [0.25, 0.3) is 5.91 Å². The number of nitrogens with one attached hydrogen (secondary N) is 1. The largest absolute Gasteiger partial charge is 0.379 e. The zero-order chi connectivity index (χ0) is 21.4. The van der Waals surface area contributed by atoms with Crippen LogP contribution in [-0.2, 0) is 20.5 Å². The number of amides is 1. The van der Waals surface area contributed by atoms with Gasteiger partial charge in [-0.05, 0) is 36.2 Å². The first-order chi connectivity index (χ1) is 14.5. The average Bonchev–Trinajstić information content (AvgIpc) is 2.78. The molecule has 0 aliphatic carbocycles. The molecule has 0 unspecified atom stereocenters. The van der Waals surface area contributed by atoms with E-state index in [0.29, 0.717) is 44.0 Å². The minimum Gasteiger partial charge on any atom is -0.379 e. The number of carbonyl (C=O) groups is 1. The zero-order valence-electron chi connectivity index (χ0n) is 17.3. The summed E-state index contributed by atoms with van der Waals surface area (Å²) in [6, 6.07) is 16.9. The third-order valence-corrected chi connectivity index (χ3v) is 6.93. The topological polar surface area (TPSA) is 79.0 Å². The Morgan fingerprint density at radius 3 is 2.40 bits per heavy atom. The van der Waals surface area contributed by atoms with E-state index in [1.54, 1.807) is 24.3 Å². The maximum Gasteiger partial charge on any atom is 0.251 e. The zero-order valence-corrected chi connectivity index (χ0v) is 18.1. The lowest BCUT2D eigenvalue weighted by Gasteiger charge is -2.26. The molecule has 0 atom stereocenters. The van der Waals surface area contributed by atoms with Crippen molar-refractivity contribution >= 4 is 21.6 Å². The maximum atomic E-state index is 12.5. The Balaban J connectivity index is 1.44. The molecule has 0 aromatic heterocycles. The third kappa shape index (κ3) is 6.29. The number of hydrogen-bond acceptors (Lipinski definition) is 5. The summed E-state index contributed by atoms with van der Waals surface area (Å²) in [7, 11) is -1.34. The summed E-state index contributed by atoms with van der Waals surface area (Å²) in [5.41, 5.74) is 2.34. The van der Waals surface area contributed by atoms with Gasteiger partial charge in [-0.2, -0.15) is 4.31 Å². The minimum absolute atomic E-state index is 0.0687. The van der Waals surface area contributed by atoms with Crippen LogP contribution < -0.4 is 10.2 Å². The fraction of sp³-hybridized carbons (Fsp3) is 0.409. The van der Waals surface area contributed by atoms with E-state index >= 15 is 0 Å². The van der Waals surface area contributed by atoms with Crippen molar-refractivity contribution < 1.29 is 17.9 Å². The van der Waals surface area contributed by atoms with E-state index in [-0.39, 0.29) is 11.7 Å². The average molecular weight is 432 g/mol. The highest BCUT2D eigenvalue weighted by molar-refractivity contribution is 7.88. The molecule has 1 heterocycles. The van der Waals surface area contributed by atoms with Crippen LogP contribution in [0.4, 0.5) is 5.69 Å². The highest BCUT2D eigenvalue weighted by Gasteiger charge is 2.24. The fourth-order valence-corrected chi connectivity index (χ4v) is 4.81. The molecule has 0 saturated carbocycles. The molecule has 1 amide bonds. The summed E-state index contributed by atoms with van der Waals surface area (Å²) in [5, 5.41) is 2.92. The van der Waals surface area contributed by atoms with Crippen LogP contribution in [0.5, 0.6) is 0 Å². The molecule has 0 spiro atoms. The summed E-state index contributed by atoms with van der Waals surface area (Å²) >= 11 is 0. The van der Waals surface area contributed by atoms with Gasteiger partial charge in [0.2, 0.25) is 10.0 Å². The molecule has 1 saturated heterocycles. The van der Waals surface area contributed by atoms with Crippen molar-refractivity contribution in [2.45, 2.75) is 12.2 Å². The van der Waals surface area contributed by atoms with Gasteiger partial charge in [0.15, 0.2) is 0 Å². The number of sulfonamides is 1. The van der Waals surface area contributed by atoms with Gasteiger partial charge in [-0.1, -0.05) is 30.3 Å². The number of hydrogen-bond donors (Lipinski definition) is 1. The lowest BCUT2D eigenvalue weighted by molar-refractivity contribution is 0.0729. The Morgan fingerprint density at radius 1 is 1.07 bits per heavy atom. The standard InChI is InChI=1S/C22H29N3O4S/c1-24(21-6-3-2-4-7-21)13-5-12-23-22(26)20-10-8-19(9-11-20)18-30(27,28)25-14-16-29-17-15-25/h2-4,6-11H,5,12-18H2,1H3,(H,23,26). The minimum atomic E-state index is -3.37. The number of para-hydroxylation sites is 1. The van der Waals surface area contributed by atoms with Crippen LogP contribution in [0.2, 0.25) is 0 Å². The number of anilines is 1. The summed E-state index contributed by atoms with van der Waals surface area (Å²) in [5.74, 6) is -0.222. The Kier molecular flexibility index (Phi) is 7.84. The van der Waals surface area contributed by atoms with Gasteiger partial charge in [-0.15, -0.1) is 0 Å². The Labute approximate surface area is 178 Å². The van der Waals surface area contributed by atoms with Crippen molar-refractivity contribution in [2.24, 2.45) is 0 Å². The molecule has 1 aliphatic heterocycles. The van der Waals surface area contributed by atoms with E-state index in [1.165, 1.54) is 4.31 Å². The molecule has 0 radical (unpaired) electrons. The first-order valence-electron chi connectivity index (χ1n) is 10.1. The van der Waals surface area contributed by atoms with Crippen LogP contribution in [0.3, 0.4) is 0 Å². The Morgan fingerprint density at radius 2 is 1.73 bits per heavy atom. The van der Waals surface area contributed by atoms with Crippen molar-refractivity contribution in [3.05, 3.63) is 65.7 Å². The summed E-state index contributed by atoms with van der Waals surface area (Å²) in [6.07, 6.45) is 0.826. The fourth-order valence-electron chi connectivity index (χ4n) is 3.31. The molecule has 2 aromatic carbocycles. The smallest absolute Gasteiger partial charge is 0.251 e. The number of benzene rings is 2. The van der Waals surface area contributed by atoms with Crippen LogP contribution >= 0.6 is 0 Å². The molecule has 1 N–H and O–H groups in total. The van der Waals surface area contributed by atoms with Crippen LogP contribution in [0.25, 0.3) is 0 Å². The van der Waals surface area contributed by atoms with E-state index in [1.807, 2.05) is 25.2 Å². The van der Waals surface area contributed by atoms with Gasteiger partial charge >= 0.3 is 0 Å². The molecule has 7 nitrogen and oxygen atoms in total. The van der Waals surface area contributed by atoms with Crippen molar-refractivity contribution in [2.75, 3.05) is 51.3 Å². The highest BCUT2D eigenvalue weighted by Crippen LogP contribution is 2.14. The molecular weight excluding hydrogens is 402 g/mol. The normalized spacial score (nSPS) is 15.0. The van der Waals surface area contributed by atoms with Crippen LogP contribution in [0, 0.1) is 0 Å². The van der Waals surface area contributed by atoms with Gasteiger partial charge in [0.05, 0.1) is 19.0 Å². The molecule has 162 valence electrons. The summed E-state index contributed by atoms with van der Waals surface area (Å²) in [4.78, 5) is 14.5. The van der Waals surface area contributed by atoms with Crippen LogP contribution in [0.1, 0.15) is 22.3 Å². The van der Waals surface area contributed by atoms with Gasteiger partial charge in [-0.25, -0.2) is 8.42 Å². The third-order valence-electron chi connectivity index (χ3n) is 5.08. The maximum absolute atomic E-state index is 12.5. The lowest BCUT2D eigenvalue weighted by Crippen LogP contribution is -2.41. The predicted molar refractivity (Wildman–Crippen MR) is 118 cm³/mol. The first-order valence-corrected chi connectivity index (χ1v) is 11.8. The molecular formula is C22H29N3O4S. The molecule has 1 fully saturated rings. The Bertz CT molecular complexity index is 911. The second-order valence-corrected chi connectivity index (χ2v) is 9.30. The lowest BCUT2D eigenvalue weighted by atomic mass is 10.1. The van der Waals surface area contributed by atoms with E-state index < -0.39 is 10.0 Å². The SMILES string of the molecule is CN(CCCNC(=O)c1ccc(CS(=O)(=O)N2CCOCC2)cc1)c1ccccc1. The first kappa shape index (κ1) is 22.3. The number of morpholine rings is 1. The highest BCUT2D eigenvalue weighted by atomic mass is 32.2. The summed E-state index contributed by atoms with van der Waals surface area (Å²) in [6.45, 7) is 3.05. The van der Waals surface area contributed by atoms with Crippen molar-refractivity contribution in [3.8, 4) is 0 Å². The van der Waals surface area contributed by atoms with E-state index in [4.69, 9.17) is 4.74 Å².